The van der Waals surface area contributed by atoms with Crippen molar-refractivity contribution >= 4 is 18.7 Å². The molecule has 0 nitrogen and oxygen atoms in total. The summed E-state index contributed by atoms with van der Waals surface area (Å²) in [5, 5.41) is 0. The highest BCUT2D eigenvalue weighted by Crippen LogP contribution is 2.33. The summed E-state index contributed by atoms with van der Waals surface area (Å²) in [4.78, 5) is 0.830. The zero-order chi connectivity index (χ0) is 12.4. The van der Waals surface area contributed by atoms with Gasteiger partial charge in [-0.3, -0.25) is 0 Å². The van der Waals surface area contributed by atoms with Crippen LogP contribution >= 0.6 is 12.6 Å². The van der Waals surface area contributed by atoms with E-state index in [1.54, 1.807) is 19.1 Å². The number of thiol groups is 1. The van der Waals surface area contributed by atoms with Gasteiger partial charge in [0.2, 0.25) is 0 Å². The van der Waals surface area contributed by atoms with Gasteiger partial charge < -0.3 is 0 Å². The fourth-order valence-electron chi connectivity index (χ4n) is 1.90. The first-order valence-corrected chi connectivity index (χ1v) is 5.79. The Bertz CT molecular complexity index is 573. The van der Waals surface area contributed by atoms with Crippen LogP contribution in [0.3, 0.4) is 0 Å². The van der Waals surface area contributed by atoms with Crippen molar-refractivity contribution in [1.29, 1.82) is 0 Å². The van der Waals surface area contributed by atoms with Crippen molar-refractivity contribution in [2.24, 2.45) is 0 Å². The van der Waals surface area contributed by atoms with E-state index in [9.17, 15) is 4.39 Å². The number of rotatable bonds is 2. The van der Waals surface area contributed by atoms with Gasteiger partial charge >= 0.3 is 0 Å². The Morgan fingerprint density at radius 2 is 1.88 bits per heavy atom. The monoisotopic (exact) mass is 244 g/mol. The van der Waals surface area contributed by atoms with E-state index in [1.807, 2.05) is 24.3 Å². The molecule has 0 saturated carbocycles. The third-order valence-corrected chi connectivity index (χ3v) is 3.20. The molecule has 0 atom stereocenters. The molecule has 0 aliphatic carbocycles. The zero-order valence-electron chi connectivity index (χ0n) is 9.57. The van der Waals surface area contributed by atoms with Crippen molar-refractivity contribution < 1.29 is 4.39 Å². The molecule has 0 amide bonds. The molecule has 0 fully saturated rings. The van der Waals surface area contributed by atoms with Gasteiger partial charge in [-0.2, -0.15) is 0 Å². The summed E-state index contributed by atoms with van der Waals surface area (Å²) in [7, 11) is 0. The molecule has 0 aliphatic heterocycles. The van der Waals surface area contributed by atoms with Crippen molar-refractivity contribution in [1.82, 2.24) is 0 Å². The van der Waals surface area contributed by atoms with E-state index in [0.29, 0.717) is 5.56 Å². The molecule has 17 heavy (non-hydrogen) atoms. The minimum atomic E-state index is -0.200. The van der Waals surface area contributed by atoms with Crippen LogP contribution in [0.25, 0.3) is 17.2 Å². The minimum absolute atomic E-state index is 0.200. The van der Waals surface area contributed by atoms with Crippen molar-refractivity contribution in [3.8, 4) is 11.1 Å². The van der Waals surface area contributed by atoms with Gasteiger partial charge in [0.25, 0.3) is 0 Å². The van der Waals surface area contributed by atoms with Gasteiger partial charge in [0.05, 0.1) is 0 Å². The molecule has 0 aromatic heterocycles. The van der Waals surface area contributed by atoms with Crippen molar-refractivity contribution in [3.05, 3.63) is 59.9 Å². The molecule has 0 bridgehead atoms. The number of benzene rings is 2. The molecule has 86 valence electrons. The van der Waals surface area contributed by atoms with E-state index in [2.05, 4.69) is 19.2 Å². The first-order chi connectivity index (χ1) is 8.15. The quantitative estimate of drug-likeness (QED) is 0.725. The molecular weight excluding hydrogens is 231 g/mol. The van der Waals surface area contributed by atoms with Crippen molar-refractivity contribution in [3.63, 3.8) is 0 Å². The fourth-order valence-corrected chi connectivity index (χ4v) is 2.23. The maximum atomic E-state index is 13.6. The van der Waals surface area contributed by atoms with Crippen molar-refractivity contribution in [2.75, 3.05) is 0 Å². The lowest BCUT2D eigenvalue weighted by atomic mass is 9.95. The standard InChI is InChI=1S/C15H13FS/c1-3-11-6-4-9-14(17)15(11)12-7-5-8-13(16)10(12)2/h3-9,17H,1H2,2H3. The highest BCUT2D eigenvalue weighted by molar-refractivity contribution is 7.80. The van der Waals surface area contributed by atoms with Crippen LogP contribution in [0.5, 0.6) is 0 Å². The molecule has 2 aromatic rings. The molecular formula is C15H13FS. The second-order valence-electron chi connectivity index (χ2n) is 3.86. The summed E-state index contributed by atoms with van der Waals surface area (Å²) in [5.41, 5.74) is 3.40. The van der Waals surface area contributed by atoms with Crippen LogP contribution in [0, 0.1) is 12.7 Å². The molecule has 2 aromatic carbocycles. The predicted octanol–water partition coefficient (Wildman–Crippen LogP) is 4.73. The fraction of sp³-hybridized carbons (Fsp3) is 0.0667. The summed E-state index contributed by atoms with van der Waals surface area (Å²) < 4.78 is 13.6. The largest absolute Gasteiger partial charge is 0.207 e. The molecule has 0 saturated heterocycles. The lowest BCUT2D eigenvalue weighted by molar-refractivity contribution is 0.619. The first-order valence-electron chi connectivity index (χ1n) is 5.35. The van der Waals surface area contributed by atoms with Gasteiger partial charge in [-0.05, 0) is 35.7 Å². The Labute approximate surface area is 106 Å². The second-order valence-corrected chi connectivity index (χ2v) is 4.34. The maximum absolute atomic E-state index is 13.6. The van der Waals surface area contributed by atoms with E-state index >= 15 is 0 Å². The van der Waals surface area contributed by atoms with Gasteiger partial charge in [-0.15, -0.1) is 12.6 Å². The Morgan fingerprint density at radius 1 is 1.18 bits per heavy atom. The van der Waals surface area contributed by atoms with Crippen LogP contribution in [-0.4, -0.2) is 0 Å². The molecule has 2 rings (SSSR count). The van der Waals surface area contributed by atoms with E-state index in [1.165, 1.54) is 6.07 Å². The number of hydrogen-bond donors (Lipinski definition) is 1. The van der Waals surface area contributed by atoms with E-state index in [-0.39, 0.29) is 5.82 Å². The van der Waals surface area contributed by atoms with Gasteiger partial charge in [0.15, 0.2) is 0 Å². The third-order valence-electron chi connectivity index (χ3n) is 2.83. The SMILES string of the molecule is C=Cc1cccc(S)c1-c1cccc(F)c1C. The van der Waals surface area contributed by atoms with Crippen LogP contribution in [0.1, 0.15) is 11.1 Å². The van der Waals surface area contributed by atoms with Crippen LogP contribution in [0.2, 0.25) is 0 Å². The molecule has 0 spiro atoms. The van der Waals surface area contributed by atoms with Crippen LogP contribution in [0.15, 0.2) is 47.9 Å². The van der Waals surface area contributed by atoms with Gasteiger partial charge in [0.1, 0.15) is 5.82 Å². The van der Waals surface area contributed by atoms with Gasteiger partial charge in [0, 0.05) is 10.5 Å². The van der Waals surface area contributed by atoms with E-state index < -0.39 is 0 Å². The van der Waals surface area contributed by atoms with E-state index in [4.69, 9.17) is 0 Å². The average molecular weight is 244 g/mol. The Kier molecular flexibility index (Phi) is 3.34. The van der Waals surface area contributed by atoms with Gasteiger partial charge in [-0.25, -0.2) is 4.39 Å². The smallest absolute Gasteiger partial charge is 0.126 e. The zero-order valence-corrected chi connectivity index (χ0v) is 10.5. The average Bonchev–Trinajstić information content (AvgIpc) is 2.33. The Balaban J connectivity index is 2.76. The minimum Gasteiger partial charge on any atom is -0.207 e. The summed E-state index contributed by atoms with van der Waals surface area (Å²) in [5.74, 6) is -0.200. The highest BCUT2D eigenvalue weighted by atomic mass is 32.1. The summed E-state index contributed by atoms with van der Waals surface area (Å²) in [6, 6.07) is 10.8. The summed E-state index contributed by atoms with van der Waals surface area (Å²) in [6.07, 6.45) is 1.76. The molecule has 0 radical (unpaired) electrons. The third kappa shape index (κ3) is 2.13. The molecule has 0 aliphatic rings. The topological polar surface area (TPSA) is 0 Å². The maximum Gasteiger partial charge on any atom is 0.126 e. The normalized spacial score (nSPS) is 10.3. The first kappa shape index (κ1) is 11.9. The second kappa shape index (κ2) is 4.76. The van der Waals surface area contributed by atoms with Crippen LogP contribution < -0.4 is 0 Å². The predicted molar refractivity (Wildman–Crippen MR) is 73.9 cm³/mol. The summed E-state index contributed by atoms with van der Waals surface area (Å²) >= 11 is 4.44. The lowest BCUT2D eigenvalue weighted by Gasteiger charge is -2.12. The highest BCUT2D eigenvalue weighted by Gasteiger charge is 2.11. The van der Waals surface area contributed by atoms with Gasteiger partial charge in [-0.1, -0.05) is 36.9 Å². The van der Waals surface area contributed by atoms with Crippen LogP contribution in [0.4, 0.5) is 4.39 Å². The lowest BCUT2D eigenvalue weighted by Crippen LogP contribution is -1.91. The van der Waals surface area contributed by atoms with Crippen molar-refractivity contribution in [2.45, 2.75) is 11.8 Å². The summed E-state index contributed by atoms with van der Waals surface area (Å²) in [6.45, 7) is 5.56. The molecule has 0 N–H and O–H groups in total. The van der Waals surface area contributed by atoms with E-state index in [0.717, 1.165) is 21.6 Å². The molecule has 2 heteroatoms. The Hall–Kier alpha value is -1.54. The number of hydrogen-bond acceptors (Lipinski definition) is 1. The van der Waals surface area contributed by atoms with Crippen LogP contribution in [-0.2, 0) is 0 Å². The number of halogens is 1. The Morgan fingerprint density at radius 3 is 2.59 bits per heavy atom. The molecule has 0 heterocycles. The molecule has 0 unspecified atom stereocenters.